The van der Waals surface area contributed by atoms with Crippen LogP contribution in [0.25, 0.3) is 0 Å². The van der Waals surface area contributed by atoms with Gasteiger partial charge in [0.2, 0.25) is 0 Å². The minimum absolute atomic E-state index is 0.0123. The first kappa shape index (κ1) is 15.5. The van der Waals surface area contributed by atoms with Gasteiger partial charge >= 0.3 is 0 Å². The summed E-state index contributed by atoms with van der Waals surface area (Å²) in [4.78, 5) is 0. The average molecular weight is 297 g/mol. The molecule has 21 heavy (non-hydrogen) atoms. The largest absolute Gasteiger partial charge is 0.306 e. The lowest BCUT2D eigenvalue weighted by Crippen LogP contribution is -2.24. The van der Waals surface area contributed by atoms with E-state index in [4.69, 9.17) is 0 Å². The van der Waals surface area contributed by atoms with Gasteiger partial charge < -0.3 is 5.32 Å². The minimum atomic E-state index is -0.884. The standard InChI is InChI=1S/C16H15F4N/c1-3-21-16(12-7-10(17)4-5-13(12)18)11-6-9(2)14(19)8-15(11)20/h4-8,16,21H,3H2,1-2H3. The fourth-order valence-electron chi connectivity index (χ4n) is 2.23. The quantitative estimate of drug-likeness (QED) is 0.832. The average Bonchev–Trinajstić information content (AvgIpc) is 2.43. The van der Waals surface area contributed by atoms with E-state index < -0.39 is 29.3 Å². The lowest BCUT2D eigenvalue weighted by Gasteiger charge is -2.21. The lowest BCUT2D eigenvalue weighted by atomic mass is 9.96. The Morgan fingerprint density at radius 2 is 1.57 bits per heavy atom. The molecule has 0 radical (unpaired) electrons. The topological polar surface area (TPSA) is 12.0 Å². The summed E-state index contributed by atoms with van der Waals surface area (Å²) in [7, 11) is 0. The van der Waals surface area contributed by atoms with E-state index in [9.17, 15) is 17.6 Å². The van der Waals surface area contributed by atoms with Crippen molar-refractivity contribution < 1.29 is 17.6 Å². The van der Waals surface area contributed by atoms with E-state index in [0.29, 0.717) is 6.54 Å². The fourth-order valence-corrected chi connectivity index (χ4v) is 2.23. The van der Waals surface area contributed by atoms with Crippen molar-refractivity contribution in [3.8, 4) is 0 Å². The molecule has 1 unspecified atom stereocenters. The molecule has 2 aromatic carbocycles. The molecule has 0 fully saturated rings. The zero-order valence-electron chi connectivity index (χ0n) is 11.7. The van der Waals surface area contributed by atoms with Gasteiger partial charge in [0.1, 0.15) is 23.3 Å². The van der Waals surface area contributed by atoms with Crippen LogP contribution in [-0.4, -0.2) is 6.54 Å². The van der Waals surface area contributed by atoms with Crippen molar-refractivity contribution in [1.29, 1.82) is 0 Å². The number of rotatable bonds is 4. The van der Waals surface area contributed by atoms with Gasteiger partial charge in [-0.05, 0) is 43.3 Å². The number of hydrogen-bond donors (Lipinski definition) is 1. The summed E-state index contributed by atoms with van der Waals surface area (Å²) in [5.41, 5.74) is 0.313. The van der Waals surface area contributed by atoms with Gasteiger partial charge in [-0.1, -0.05) is 6.92 Å². The first-order valence-corrected chi connectivity index (χ1v) is 6.58. The van der Waals surface area contributed by atoms with Crippen molar-refractivity contribution >= 4 is 0 Å². The molecule has 0 heterocycles. The lowest BCUT2D eigenvalue weighted by molar-refractivity contribution is 0.514. The molecule has 0 saturated heterocycles. The fraction of sp³-hybridized carbons (Fsp3) is 0.250. The highest BCUT2D eigenvalue weighted by molar-refractivity contribution is 5.36. The van der Waals surface area contributed by atoms with Crippen LogP contribution >= 0.6 is 0 Å². The van der Waals surface area contributed by atoms with Crippen molar-refractivity contribution in [2.24, 2.45) is 0 Å². The van der Waals surface area contributed by atoms with Crippen molar-refractivity contribution in [3.05, 3.63) is 70.3 Å². The van der Waals surface area contributed by atoms with Crippen LogP contribution in [0.2, 0.25) is 0 Å². The molecule has 112 valence electrons. The monoisotopic (exact) mass is 297 g/mol. The molecule has 0 aliphatic heterocycles. The van der Waals surface area contributed by atoms with Gasteiger partial charge in [0.15, 0.2) is 0 Å². The van der Waals surface area contributed by atoms with Crippen molar-refractivity contribution in [2.45, 2.75) is 19.9 Å². The Morgan fingerprint density at radius 3 is 2.24 bits per heavy atom. The molecule has 0 bridgehead atoms. The van der Waals surface area contributed by atoms with Gasteiger partial charge in [-0.3, -0.25) is 0 Å². The van der Waals surface area contributed by atoms with Crippen LogP contribution in [0.4, 0.5) is 17.6 Å². The third kappa shape index (κ3) is 3.24. The van der Waals surface area contributed by atoms with Gasteiger partial charge in [0.25, 0.3) is 0 Å². The second kappa shape index (κ2) is 6.26. The predicted molar refractivity (Wildman–Crippen MR) is 73.0 cm³/mol. The Hall–Kier alpha value is -1.88. The van der Waals surface area contributed by atoms with Crippen LogP contribution < -0.4 is 5.32 Å². The number of benzene rings is 2. The van der Waals surface area contributed by atoms with Gasteiger partial charge in [-0.15, -0.1) is 0 Å². The highest BCUT2D eigenvalue weighted by Crippen LogP contribution is 2.28. The van der Waals surface area contributed by atoms with E-state index in [1.165, 1.54) is 13.0 Å². The number of nitrogens with one attached hydrogen (secondary N) is 1. The van der Waals surface area contributed by atoms with Crippen molar-refractivity contribution in [1.82, 2.24) is 5.32 Å². The Balaban J connectivity index is 2.58. The predicted octanol–water partition coefficient (Wildman–Crippen LogP) is 4.25. The van der Waals surface area contributed by atoms with E-state index in [1.54, 1.807) is 6.92 Å². The van der Waals surface area contributed by atoms with E-state index in [2.05, 4.69) is 5.32 Å². The summed E-state index contributed by atoms with van der Waals surface area (Å²) < 4.78 is 54.7. The summed E-state index contributed by atoms with van der Waals surface area (Å²) in [6.45, 7) is 3.66. The maximum absolute atomic E-state index is 14.0. The first-order chi connectivity index (χ1) is 9.93. The van der Waals surface area contributed by atoms with Gasteiger partial charge in [-0.2, -0.15) is 0 Å². The molecule has 2 aromatic rings. The number of aryl methyl sites for hydroxylation is 1. The summed E-state index contributed by atoms with van der Waals surface area (Å²) >= 11 is 0. The summed E-state index contributed by atoms with van der Waals surface area (Å²) in [6, 6.07) is 4.18. The van der Waals surface area contributed by atoms with Crippen molar-refractivity contribution in [2.75, 3.05) is 6.54 Å². The molecular formula is C16H15F4N. The maximum Gasteiger partial charge on any atom is 0.131 e. The Bertz CT molecular complexity index is 655. The van der Waals surface area contributed by atoms with Crippen LogP contribution in [0.1, 0.15) is 29.7 Å². The Kier molecular flexibility index (Phi) is 4.63. The number of hydrogen-bond acceptors (Lipinski definition) is 1. The molecular weight excluding hydrogens is 282 g/mol. The third-order valence-corrected chi connectivity index (χ3v) is 3.27. The van der Waals surface area contributed by atoms with Crippen LogP contribution in [0.5, 0.6) is 0 Å². The summed E-state index contributed by atoms with van der Waals surface area (Å²) in [6.07, 6.45) is 0. The Morgan fingerprint density at radius 1 is 0.905 bits per heavy atom. The first-order valence-electron chi connectivity index (χ1n) is 6.58. The molecule has 0 spiro atoms. The summed E-state index contributed by atoms with van der Waals surface area (Å²) in [5, 5.41) is 2.90. The third-order valence-electron chi connectivity index (χ3n) is 3.27. The van der Waals surface area contributed by atoms with Crippen LogP contribution in [-0.2, 0) is 0 Å². The maximum atomic E-state index is 14.0. The summed E-state index contributed by atoms with van der Waals surface area (Å²) in [5.74, 6) is -2.74. The van der Waals surface area contributed by atoms with E-state index in [1.807, 2.05) is 0 Å². The van der Waals surface area contributed by atoms with Gasteiger partial charge in [0.05, 0.1) is 6.04 Å². The molecule has 0 saturated carbocycles. The van der Waals surface area contributed by atoms with Crippen LogP contribution in [0.3, 0.4) is 0 Å². The van der Waals surface area contributed by atoms with Gasteiger partial charge in [-0.25, -0.2) is 17.6 Å². The molecule has 1 nitrogen and oxygen atoms in total. The molecule has 0 aliphatic carbocycles. The van der Waals surface area contributed by atoms with E-state index >= 15 is 0 Å². The highest BCUT2D eigenvalue weighted by Gasteiger charge is 2.22. The molecule has 0 aromatic heterocycles. The Labute approximate surface area is 120 Å². The second-order valence-corrected chi connectivity index (χ2v) is 4.78. The van der Waals surface area contributed by atoms with Crippen molar-refractivity contribution in [3.63, 3.8) is 0 Å². The molecule has 5 heteroatoms. The van der Waals surface area contributed by atoms with Crippen LogP contribution in [0, 0.1) is 30.2 Å². The molecule has 0 amide bonds. The highest BCUT2D eigenvalue weighted by atomic mass is 19.1. The number of halogens is 4. The normalized spacial score (nSPS) is 12.5. The molecule has 0 aliphatic rings. The second-order valence-electron chi connectivity index (χ2n) is 4.78. The smallest absolute Gasteiger partial charge is 0.131 e. The van der Waals surface area contributed by atoms with Gasteiger partial charge in [0, 0.05) is 17.2 Å². The minimum Gasteiger partial charge on any atom is -0.306 e. The molecule has 2 rings (SSSR count). The SMILES string of the molecule is CCNC(c1cc(F)ccc1F)c1cc(C)c(F)cc1F. The zero-order valence-corrected chi connectivity index (χ0v) is 11.7. The van der Waals surface area contributed by atoms with Crippen LogP contribution in [0.15, 0.2) is 30.3 Å². The van der Waals surface area contributed by atoms with E-state index in [0.717, 1.165) is 24.3 Å². The molecule has 1 atom stereocenters. The molecule has 1 N–H and O–H groups in total. The van der Waals surface area contributed by atoms with E-state index in [-0.39, 0.29) is 16.7 Å². The zero-order chi connectivity index (χ0) is 15.6.